The van der Waals surface area contributed by atoms with Gasteiger partial charge in [0.15, 0.2) is 5.65 Å². The van der Waals surface area contributed by atoms with Gasteiger partial charge in [-0.2, -0.15) is 0 Å². The highest BCUT2D eigenvalue weighted by Crippen LogP contribution is 2.24. The standard InChI is InChI=1S/C19H20BrN3O/c1-4-13-8-6-7-9-16(13)22-19(24)17-15(5-2)21-18-14(20)10-12(3)11-23(17)18/h6-11H,4-5H2,1-3H3,(H,22,24). The fraction of sp³-hybridized carbons (Fsp3) is 0.263. The monoisotopic (exact) mass is 385 g/mol. The van der Waals surface area contributed by atoms with Gasteiger partial charge in [-0.25, -0.2) is 4.98 Å². The Morgan fingerprint density at radius 2 is 2.00 bits per heavy atom. The van der Waals surface area contributed by atoms with E-state index in [0.29, 0.717) is 12.1 Å². The zero-order chi connectivity index (χ0) is 17.3. The van der Waals surface area contributed by atoms with Gasteiger partial charge in [-0.1, -0.05) is 32.0 Å². The number of para-hydroxylation sites is 1. The fourth-order valence-corrected chi connectivity index (χ4v) is 3.54. The second-order valence-electron chi connectivity index (χ2n) is 5.78. The molecule has 0 unspecified atom stereocenters. The van der Waals surface area contributed by atoms with E-state index in [1.807, 2.05) is 54.8 Å². The molecule has 0 radical (unpaired) electrons. The van der Waals surface area contributed by atoms with Gasteiger partial charge < -0.3 is 5.32 Å². The van der Waals surface area contributed by atoms with Crippen molar-refractivity contribution in [2.45, 2.75) is 33.6 Å². The van der Waals surface area contributed by atoms with Gasteiger partial charge in [0.25, 0.3) is 5.91 Å². The summed E-state index contributed by atoms with van der Waals surface area (Å²) in [6.07, 6.45) is 3.52. The molecule has 1 amide bonds. The molecule has 2 heterocycles. The first-order valence-electron chi connectivity index (χ1n) is 8.11. The molecule has 0 aliphatic heterocycles. The van der Waals surface area contributed by atoms with E-state index in [1.54, 1.807) is 0 Å². The van der Waals surface area contributed by atoms with Crippen LogP contribution in [-0.2, 0) is 12.8 Å². The van der Waals surface area contributed by atoms with Gasteiger partial charge in [0.05, 0.1) is 10.2 Å². The van der Waals surface area contributed by atoms with Crippen LogP contribution in [0.4, 0.5) is 5.69 Å². The van der Waals surface area contributed by atoms with E-state index in [2.05, 4.69) is 33.2 Å². The molecule has 0 atom stereocenters. The summed E-state index contributed by atoms with van der Waals surface area (Å²) in [4.78, 5) is 17.6. The highest BCUT2D eigenvalue weighted by Gasteiger charge is 2.20. The number of fused-ring (bicyclic) bond motifs is 1. The molecular formula is C19H20BrN3O. The van der Waals surface area contributed by atoms with Gasteiger partial charge in [0.1, 0.15) is 5.69 Å². The lowest BCUT2D eigenvalue weighted by Gasteiger charge is -2.11. The molecule has 0 spiro atoms. The molecule has 1 N–H and O–H groups in total. The molecule has 124 valence electrons. The van der Waals surface area contributed by atoms with Crippen molar-refractivity contribution in [3.8, 4) is 0 Å². The van der Waals surface area contributed by atoms with E-state index >= 15 is 0 Å². The Hall–Kier alpha value is -2.14. The van der Waals surface area contributed by atoms with Crippen LogP contribution in [0.1, 0.15) is 41.2 Å². The Kier molecular flexibility index (Phi) is 4.71. The number of imidazole rings is 1. The van der Waals surface area contributed by atoms with Gasteiger partial charge in [0, 0.05) is 11.9 Å². The van der Waals surface area contributed by atoms with E-state index in [4.69, 9.17) is 0 Å². The minimum absolute atomic E-state index is 0.127. The van der Waals surface area contributed by atoms with Gasteiger partial charge >= 0.3 is 0 Å². The molecule has 3 aromatic rings. The van der Waals surface area contributed by atoms with Crippen LogP contribution in [0.15, 0.2) is 41.0 Å². The smallest absolute Gasteiger partial charge is 0.274 e. The van der Waals surface area contributed by atoms with Crippen molar-refractivity contribution in [2.75, 3.05) is 5.32 Å². The normalized spacial score (nSPS) is 11.0. The van der Waals surface area contributed by atoms with Crippen molar-refractivity contribution in [3.05, 3.63) is 63.5 Å². The number of anilines is 1. The number of nitrogens with one attached hydrogen (secondary N) is 1. The van der Waals surface area contributed by atoms with Crippen molar-refractivity contribution >= 4 is 33.2 Å². The maximum Gasteiger partial charge on any atom is 0.274 e. The molecule has 0 aliphatic carbocycles. The molecule has 2 aromatic heterocycles. The van der Waals surface area contributed by atoms with Crippen molar-refractivity contribution in [3.63, 3.8) is 0 Å². The summed E-state index contributed by atoms with van der Waals surface area (Å²) in [5.41, 5.74) is 5.21. The first-order chi connectivity index (χ1) is 11.5. The Morgan fingerprint density at radius 3 is 2.71 bits per heavy atom. The number of rotatable bonds is 4. The average molecular weight is 386 g/mol. The third-order valence-corrected chi connectivity index (χ3v) is 4.66. The minimum atomic E-state index is -0.127. The lowest BCUT2D eigenvalue weighted by molar-refractivity contribution is 0.102. The van der Waals surface area contributed by atoms with Crippen molar-refractivity contribution in [1.29, 1.82) is 0 Å². The van der Waals surface area contributed by atoms with Crippen LogP contribution in [0.3, 0.4) is 0 Å². The van der Waals surface area contributed by atoms with Crippen LogP contribution < -0.4 is 5.32 Å². The topological polar surface area (TPSA) is 46.4 Å². The molecule has 0 saturated heterocycles. The summed E-state index contributed by atoms with van der Waals surface area (Å²) in [7, 11) is 0. The number of carbonyl (C=O) groups excluding carboxylic acids is 1. The van der Waals surface area contributed by atoms with E-state index < -0.39 is 0 Å². The predicted octanol–water partition coefficient (Wildman–Crippen LogP) is 4.78. The molecule has 3 rings (SSSR count). The van der Waals surface area contributed by atoms with E-state index in [-0.39, 0.29) is 5.91 Å². The molecule has 0 saturated carbocycles. The van der Waals surface area contributed by atoms with Crippen LogP contribution in [0.5, 0.6) is 0 Å². The predicted molar refractivity (Wildman–Crippen MR) is 101 cm³/mol. The number of pyridine rings is 1. The largest absolute Gasteiger partial charge is 0.320 e. The maximum absolute atomic E-state index is 13.0. The summed E-state index contributed by atoms with van der Waals surface area (Å²) in [6.45, 7) is 6.10. The van der Waals surface area contributed by atoms with Gasteiger partial charge in [0.2, 0.25) is 0 Å². The summed E-state index contributed by atoms with van der Waals surface area (Å²) >= 11 is 3.55. The van der Waals surface area contributed by atoms with Gasteiger partial charge in [-0.3, -0.25) is 9.20 Å². The van der Waals surface area contributed by atoms with Crippen LogP contribution >= 0.6 is 15.9 Å². The number of amides is 1. The zero-order valence-electron chi connectivity index (χ0n) is 14.1. The van der Waals surface area contributed by atoms with Gasteiger partial charge in [-0.05, 0) is 59.0 Å². The maximum atomic E-state index is 13.0. The van der Waals surface area contributed by atoms with Crippen LogP contribution in [0.2, 0.25) is 0 Å². The Balaban J connectivity index is 2.09. The summed E-state index contributed by atoms with van der Waals surface area (Å²) in [5.74, 6) is -0.127. The zero-order valence-corrected chi connectivity index (χ0v) is 15.6. The third-order valence-electron chi connectivity index (χ3n) is 4.08. The lowest BCUT2D eigenvalue weighted by atomic mass is 10.1. The van der Waals surface area contributed by atoms with E-state index in [1.165, 1.54) is 0 Å². The molecule has 24 heavy (non-hydrogen) atoms. The quantitative estimate of drug-likeness (QED) is 0.701. The summed E-state index contributed by atoms with van der Waals surface area (Å²) < 4.78 is 2.77. The number of hydrogen-bond acceptors (Lipinski definition) is 2. The minimum Gasteiger partial charge on any atom is -0.320 e. The number of aryl methyl sites for hydroxylation is 3. The number of aromatic nitrogens is 2. The van der Waals surface area contributed by atoms with Crippen LogP contribution in [0.25, 0.3) is 5.65 Å². The molecule has 1 aromatic carbocycles. The van der Waals surface area contributed by atoms with Crippen LogP contribution in [-0.4, -0.2) is 15.3 Å². The highest BCUT2D eigenvalue weighted by molar-refractivity contribution is 9.10. The number of carbonyl (C=O) groups is 1. The molecule has 5 heteroatoms. The Labute approximate surface area is 150 Å². The molecular weight excluding hydrogens is 366 g/mol. The number of nitrogens with zero attached hydrogens (tertiary/aromatic N) is 2. The third kappa shape index (κ3) is 2.96. The molecule has 4 nitrogen and oxygen atoms in total. The first-order valence-corrected chi connectivity index (χ1v) is 8.90. The fourth-order valence-electron chi connectivity index (χ4n) is 2.90. The average Bonchev–Trinajstić information content (AvgIpc) is 2.94. The first kappa shape index (κ1) is 16.7. The molecule has 0 aliphatic rings. The number of hydrogen-bond donors (Lipinski definition) is 1. The Morgan fingerprint density at radius 1 is 1.25 bits per heavy atom. The van der Waals surface area contributed by atoms with Crippen molar-refractivity contribution in [2.24, 2.45) is 0 Å². The number of halogens is 1. The van der Waals surface area contributed by atoms with Crippen molar-refractivity contribution in [1.82, 2.24) is 9.38 Å². The molecule has 0 bridgehead atoms. The summed E-state index contributed by atoms with van der Waals surface area (Å²) in [6, 6.07) is 9.90. The van der Waals surface area contributed by atoms with Gasteiger partial charge in [-0.15, -0.1) is 0 Å². The van der Waals surface area contributed by atoms with Crippen LogP contribution in [0, 0.1) is 6.92 Å². The SMILES string of the molecule is CCc1ccccc1NC(=O)c1c(CC)nc2c(Br)cc(C)cn12. The summed E-state index contributed by atoms with van der Waals surface area (Å²) in [5, 5.41) is 3.05. The van der Waals surface area contributed by atoms with E-state index in [9.17, 15) is 4.79 Å². The second kappa shape index (κ2) is 6.77. The second-order valence-corrected chi connectivity index (χ2v) is 6.64. The lowest BCUT2D eigenvalue weighted by Crippen LogP contribution is -2.17. The molecule has 0 fully saturated rings. The Bertz CT molecular complexity index is 914. The van der Waals surface area contributed by atoms with E-state index in [0.717, 1.165) is 39.0 Å². The number of benzene rings is 1. The highest BCUT2D eigenvalue weighted by atomic mass is 79.9. The van der Waals surface area contributed by atoms with Crippen molar-refractivity contribution < 1.29 is 4.79 Å².